The zero-order valence-electron chi connectivity index (χ0n) is 6.73. The summed E-state index contributed by atoms with van der Waals surface area (Å²) < 4.78 is 5.21. The van der Waals surface area contributed by atoms with Crippen LogP contribution in [-0.4, -0.2) is 6.61 Å². The number of hydrogen-bond donors (Lipinski definition) is 0. The van der Waals surface area contributed by atoms with Crippen molar-refractivity contribution in [3.8, 4) is 5.75 Å². The van der Waals surface area contributed by atoms with Gasteiger partial charge < -0.3 is 4.74 Å². The average molecular weight is 182 g/mol. The van der Waals surface area contributed by atoms with Crippen LogP contribution in [0.1, 0.15) is 6.92 Å². The zero-order valence-corrected chi connectivity index (χ0v) is 6.73. The first-order valence-electron chi connectivity index (χ1n) is 3.11. The maximum absolute atomic E-state index is 5.21. The van der Waals surface area contributed by atoms with E-state index in [4.69, 9.17) is 4.74 Å². The van der Waals surface area contributed by atoms with E-state index < -0.39 is 0 Å². The summed E-state index contributed by atoms with van der Waals surface area (Å²) in [7, 11) is 0. The Balaban J connectivity index is -0.000000270. The van der Waals surface area contributed by atoms with Crippen molar-refractivity contribution in [2.75, 3.05) is 6.61 Å². The Labute approximate surface area is 69.5 Å². The number of halogens is 3. The lowest BCUT2D eigenvalue weighted by Crippen LogP contribution is -1.89. The number of para-hydroxylation sites is 1. The van der Waals surface area contributed by atoms with Crippen LogP contribution in [0.4, 0.5) is 14.1 Å². The molecule has 0 amide bonds. The van der Waals surface area contributed by atoms with Crippen molar-refractivity contribution in [1.82, 2.24) is 0 Å². The van der Waals surface area contributed by atoms with Crippen LogP contribution in [0.3, 0.4) is 0 Å². The number of benzene rings is 1. The molecule has 72 valence electrons. The first-order valence-corrected chi connectivity index (χ1v) is 3.11. The third kappa shape index (κ3) is 5.58. The highest BCUT2D eigenvalue weighted by Gasteiger charge is 1.83. The van der Waals surface area contributed by atoms with Crippen LogP contribution < -0.4 is 4.74 Å². The van der Waals surface area contributed by atoms with Gasteiger partial charge in [0.1, 0.15) is 5.75 Å². The topological polar surface area (TPSA) is 9.23 Å². The van der Waals surface area contributed by atoms with Crippen LogP contribution in [0.2, 0.25) is 0 Å². The summed E-state index contributed by atoms with van der Waals surface area (Å²) in [5, 5.41) is 0. The van der Waals surface area contributed by atoms with Gasteiger partial charge in [-0.2, -0.15) is 0 Å². The summed E-state index contributed by atoms with van der Waals surface area (Å²) >= 11 is 0. The van der Waals surface area contributed by atoms with Crippen LogP contribution in [0, 0.1) is 0 Å². The van der Waals surface area contributed by atoms with Gasteiger partial charge in [0, 0.05) is 0 Å². The smallest absolute Gasteiger partial charge is 0.119 e. The SMILES string of the molecule is CCOc1ccccc1.F.F.F. The fourth-order valence-electron chi connectivity index (χ4n) is 0.683. The van der Waals surface area contributed by atoms with E-state index in [1.54, 1.807) is 0 Å². The molecule has 0 spiro atoms. The van der Waals surface area contributed by atoms with Gasteiger partial charge in [0.2, 0.25) is 0 Å². The molecule has 0 radical (unpaired) electrons. The molecule has 0 heterocycles. The van der Waals surface area contributed by atoms with Gasteiger partial charge in [-0.05, 0) is 19.1 Å². The van der Waals surface area contributed by atoms with E-state index in [0.717, 1.165) is 12.4 Å². The molecular weight excluding hydrogens is 169 g/mol. The van der Waals surface area contributed by atoms with Gasteiger partial charge in [-0.25, -0.2) is 0 Å². The lowest BCUT2D eigenvalue weighted by molar-refractivity contribution is 0.340. The molecule has 1 aromatic rings. The summed E-state index contributed by atoms with van der Waals surface area (Å²) in [6.45, 7) is 2.72. The molecule has 1 rings (SSSR count). The summed E-state index contributed by atoms with van der Waals surface area (Å²) in [4.78, 5) is 0. The molecule has 0 saturated heterocycles. The molecule has 0 saturated carbocycles. The normalized spacial score (nSPS) is 6.75. The largest absolute Gasteiger partial charge is 0.494 e. The van der Waals surface area contributed by atoms with Crippen LogP contribution >= 0.6 is 0 Å². The van der Waals surface area contributed by atoms with Crippen LogP contribution in [0.5, 0.6) is 5.75 Å². The lowest BCUT2D eigenvalue weighted by Gasteiger charge is -1.99. The quantitative estimate of drug-likeness (QED) is 0.683. The number of hydrogen-bond acceptors (Lipinski definition) is 1. The van der Waals surface area contributed by atoms with Crippen molar-refractivity contribution < 1.29 is 18.9 Å². The molecule has 0 aliphatic heterocycles. The van der Waals surface area contributed by atoms with Crippen molar-refractivity contribution in [3.63, 3.8) is 0 Å². The molecule has 0 N–H and O–H groups in total. The van der Waals surface area contributed by atoms with Crippen molar-refractivity contribution in [2.24, 2.45) is 0 Å². The van der Waals surface area contributed by atoms with Crippen LogP contribution in [0.25, 0.3) is 0 Å². The molecule has 0 unspecified atom stereocenters. The van der Waals surface area contributed by atoms with Crippen molar-refractivity contribution in [1.29, 1.82) is 0 Å². The minimum atomic E-state index is 0. The Kier molecular flexibility index (Phi) is 13.9. The maximum Gasteiger partial charge on any atom is 0.119 e. The molecule has 0 aliphatic carbocycles. The van der Waals surface area contributed by atoms with Gasteiger partial charge in [-0.3, -0.25) is 14.1 Å². The average Bonchev–Trinajstić information content (AvgIpc) is 1.91. The highest BCUT2D eigenvalue weighted by atomic mass is 19.0. The van der Waals surface area contributed by atoms with Gasteiger partial charge >= 0.3 is 0 Å². The number of ether oxygens (including phenoxy) is 1. The van der Waals surface area contributed by atoms with E-state index in [9.17, 15) is 0 Å². The molecule has 0 atom stereocenters. The Morgan fingerprint density at radius 3 is 1.92 bits per heavy atom. The maximum atomic E-state index is 5.21. The molecule has 1 aromatic carbocycles. The third-order valence-corrected chi connectivity index (χ3v) is 1.05. The second-order valence-electron chi connectivity index (χ2n) is 1.75. The molecule has 1 nitrogen and oxygen atoms in total. The minimum Gasteiger partial charge on any atom is -0.494 e. The molecular formula is C8H13F3O. The van der Waals surface area contributed by atoms with Gasteiger partial charge in [-0.1, -0.05) is 18.2 Å². The third-order valence-electron chi connectivity index (χ3n) is 1.05. The predicted octanol–water partition coefficient (Wildman–Crippen LogP) is 2.54. The Bertz CT molecular complexity index is 167. The molecule has 0 aromatic heterocycles. The highest BCUT2D eigenvalue weighted by molar-refractivity contribution is 5.20. The van der Waals surface area contributed by atoms with Crippen molar-refractivity contribution >= 4 is 0 Å². The highest BCUT2D eigenvalue weighted by Crippen LogP contribution is 2.06. The van der Waals surface area contributed by atoms with Crippen LogP contribution in [0.15, 0.2) is 30.3 Å². The first-order chi connectivity index (χ1) is 4.43. The Hall–Kier alpha value is -1.19. The second-order valence-corrected chi connectivity index (χ2v) is 1.75. The van der Waals surface area contributed by atoms with E-state index in [-0.39, 0.29) is 14.1 Å². The van der Waals surface area contributed by atoms with Gasteiger partial charge in [0.05, 0.1) is 6.61 Å². The standard InChI is InChI=1S/C8H10O.3FH/c1-2-9-8-6-4-3-5-7-8;;;/h3-7H,2H2,1H3;3*1H. The van der Waals surface area contributed by atoms with E-state index in [1.165, 1.54) is 0 Å². The summed E-state index contributed by atoms with van der Waals surface area (Å²) in [6.07, 6.45) is 0. The van der Waals surface area contributed by atoms with Gasteiger partial charge in [0.15, 0.2) is 0 Å². The van der Waals surface area contributed by atoms with E-state index >= 15 is 0 Å². The lowest BCUT2D eigenvalue weighted by atomic mass is 10.3. The summed E-state index contributed by atoms with van der Waals surface area (Å²) in [6, 6.07) is 9.80. The minimum absolute atomic E-state index is 0. The van der Waals surface area contributed by atoms with Gasteiger partial charge in [-0.15, -0.1) is 0 Å². The molecule has 0 bridgehead atoms. The van der Waals surface area contributed by atoms with Crippen molar-refractivity contribution in [3.05, 3.63) is 30.3 Å². The molecule has 12 heavy (non-hydrogen) atoms. The van der Waals surface area contributed by atoms with Crippen molar-refractivity contribution in [2.45, 2.75) is 6.92 Å². The fourth-order valence-corrected chi connectivity index (χ4v) is 0.683. The Morgan fingerprint density at radius 1 is 1.00 bits per heavy atom. The van der Waals surface area contributed by atoms with E-state index in [2.05, 4.69) is 0 Å². The molecule has 0 aliphatic rings. The molecule has 4 heteroatoms. The van der Waals surface area contributed by atoms with E-state index in [0.29, 0.717) is 0 Å². The monoisotopic (exact) mass is 182 g/mol. The zero-order chi connectivity index (χ0) is 6.53. The second kappa shape index (κ2) is 9.81. The van der Waals surface area contributed by atoms with Crippen LogP contribution in [-0.2, 0) is 0 Å². The Morgan fingerprint density at radius 2 is 1.50 bits per heavy atom. The van der Waals surface area contributed by atoms with Gasteiger partial charge in [0.25, 0.3) is 0 Å². The fraction of sp³-hybridized carbons (Fsp3) is 0.250. The number of rotatable bonds is 2. The summed E-state index contributed by atoms with van der Waals surface area (Å²) in [5.41, 5.74) is 0. The van der Waals surface area contributed by atoms with E-state index in [1.807, 2.05) is 37.3 Å². The summed E-state index contributed by atoms with van der Waals surface area (Å²) in [5.74, 6) is 0.944. The predicted molar refractivity (Wildman–Crippen MR) is 45.1 cm³/mol. The first kappa shape index (κ1) is 17.1. The molecule has 0 fully saturated rings.